The second-order valence-corrected chi connectivity index (χ2v) is 4.18. The Morgan fingerprint density at radius 2 is 2.24 bits per heavy atom. The normalized spacial score (nSPS) is 20.2. The zero-order valence-electron chi connectivity index (χ0n) is 10.2. The summed E-state index contributed by atoms with van der Waals surface area (Å²) in [5.41, 5.74) is 1.26. The lowest BCUT2D eigenvalue weighted by Gasteiger charge is -2.23. The topological polar surface area (TPSA) is 42.5 Å². The zero-order valence-corrected chi connectivity index (χ0v) is 10.2. The lowest BCUT2D eigenvalue weighted by atomic mass is 10.2. The van der Waals surface area contributed by atoms with E-state index in [0.717, 1.165) is 38.5 Å². The number of rotatable bonds is 5. The Kier molecular flexibility index (Phi) is 4.79. The van der Waals surface area contributed by atoms with Crippen LogP contribution in [0.1, 0.15) is 5.56 Å². The Bertz CT molecular complexity index is 321. The summed E-state index contributed by atoms with van der Waals surface area (Å²) in [4.78, 5) is 0. The van der Waals surface area contributed by atoms with Gasteiger partial charge in [-0.15, -0.1) is 0 Å². The molecule has 0 spiro atoms. The van der Waals surface area contributed by atoms with Crippen LogP contribution in [0.25, 0.3) is 0 Å². The first kappa shape index (κ1) is 12.4. The maximum absolute atomic E-state index is 5.61. The fourth-order valence-corrected chi connectivity index (χ4v) is 1.87. The minimum atomic E-state index is 0.294. The summed E-state index contributed by atoms with van der Waals surface area (Å²) in [5, 5.41) is 6.72. The third kappa shape index (κ3) is 4.00. The number of methoxy groups -OCH3 is 1. The van der Waals surface area contributed by atoms with Crippen LogP contribution in [-0.2, 0) is 11.3 Å². The van der Waals surface area contributed by atoms with Crippen molar-refractivity contribution in [2.24, 2.45) is 0 Å². The van der Waals surface area contributed by atoms with Gasteiger partial charge < -0.3 is 20.1 Å². The lowest BCUT2D eigenvalue weighted by Crippen LogP contribution is -2.43. The smallest absolute Gasteiger partial charge is 0.118 e. The molecule has 0 aliphatic carbocycles. The van der Waals surface area contributed by atoms with E-state index in [9.17, 15) is 0 Å². The molecule has 2 rings (SSSR count). The number of ether oxygens (including phenoxy) is 2. The van der Waals surface area contributed by atoms with E-state index in [1.54, 1.807) is 7.11 Å². The summed E-state index contributed by atoms with van der Waals surface area (Å²) in [6.45, 7) is 4.47. The molecule has 4 nitrogen and oxygen atoms in total. The van der Waals surface area contributed by atoms with Crippen LogP contribution in [0, 0.1) is 0 Å². The molecule has 1 aliphatic heterocycles. The van der Waals surface area contributed by atoms with Crippen molar-refractivity contribution >= 4 is 0 Å². The molecule has 1 atom stereocenters. The fraction of sp³-hybridized carbons (Fsp3) is 0.538. The molecule has 94 valence electrons. The first-order valence-corrected chi connectivity index (χ1v) is 6.04. The van der Waals surface area contributed by atoms with Crippen molar-refractivity contribution in [1.29, 1.82) is 0 Å². The average Bonchev–Trinajstić information content (AvgIpc) is 2.41. The number of hydrogen-bond acceptors (Lipinski definition) is 4. The summed E-state index contributed by atoms with van der Waals surface area (Å²) >= 11 is 0. The average molecular weight is 236 g/mol. The van der Waals surface area contributed by atoms with Gasteiger partial charge in [0.05, 0.1) is 19.8 Å². The Morgan fingerprint density at radius 3 is 2.88 bits per heavy atom. The summed E-state index contributed by atoms with van der Waals surface area (Å²) in [6, 6.07) is 8.11. The van der Waals surface area contributed by atoms with E-state index in [1.807, 2.05) is 12.1 Å². The van der Waals surface area contributed by atoms with Crippen molar-refractivity contribution in [3.63, 3.8) is 0 Å². The van der Waals surface area contributed by atoms with E-state index in [-0.39, 0.29) is 0 Å². The van der Waals surface area contributed by atoms with E-state index in [2.05, 4.69) is 22.8 Å². The van der Waals surface area contributed by atoms with Crippen molar-refractivity contribution in [2.75, 3.05) is 33.4 Å². The molecule has 1 aromatic carbocycles. The summed E-state index contributed by atoms with van der Waals surface area (Å²) < 4.78 is 10.7. The highest BCUT2D eigenvalue weighted by molar-refractivity contribution is 5.26. The van der Waals surface area contributed by atoms with Gasteiger partial charge in [-0.05, 0) is 17.7 Å². The van der Waals surface area contributed by atoms with Gasteiger partial charge in [0.15, 0.2) is 0 Å². The molecule has 0 saturated carbocycles. The van der Waals surface area contributed by atoms with Crippen LogP contribution in [0.2, 0.25) is 0 Å². The number of morpholine rings is 1. The molecule has 1 heterocycles. The molecule has 4 heteroatoms. The first-order valence-electron chi connectivity index (χ1n) is 6.04. The van der Waals surface area contributed by atoms with Gasteiger partial charge in [0.2, 0.25) is 0 Å². The SMILES string of the molecule is COc1ccc(CNCC2CNCCO2)cc1. The van der Waals surface area contributed by atoms with Crippen LogP contribution < -0.4 is 15.4 Å². The molecule has 1 aromatic rings. The Hall–Kier alpha value is -1.10. The van der Waals surface area contributed by atoms with Gasteiger partial charge in [0.25, 0.3) is 0 Å². The van der Waals surface area contributed by atoms with Crippen LogP contribution in [-0.4, -0.2) is 39.5 Å². The third-order valence-electron chi connectivity index (χ3n) is 2.86. The van der Waals surface area contributed by atoms with Gasteiger partial charge >= 0.3 is 0 Å². The monoisotopic (exact) mass is 236 g/mol. The molecule has 1 aliphatic rings. The van der Waals surface area contributed by atoms with E-state index >= 15 is 0 Å². The molecule has 0 aromatic heterocycles. The Balaban J connectivity index is 1.69. The van der Waals surface area contributed by atoms with Crippen molar-refractivity contribution < 1.29 is 9.47 Å². The molecule has 1 saturated heterocycles. The minimum absolute atomic E-state index is 0.294. The van der Waals surface area contributed by atoms with Gasteiger partial charge in [-0.1, -0.05) is 12.1 Å². The predicted octanol–water partition coefficient (Wildman–Crippen LogP) is 0.773. The number of nitrogens with one attached hydrogen (secondary N) is 2. The maximum Gasteiger partial charge on any atom is 0.118 e. The highest BCUT2D eigenvalue weighted by Gasteiger charge is 2.11. The highest BCUT2D eigenvalue weighted by atomic mass is 16.5. The number of benzene rings is 1. The molecule has 0 bridgehead atoms. The van der Waals surface area contributed by atoms with E-state index in [1.165, 1.54) is 5.56 Å². The Morgan fingerprint density at radius 1 is 1.41 bits per heavy atom. The quantitative estimate of drug-likeness (QED) is 0.792. The maximum atomic E-state index is 5.61. The van der Waals surface area contributed by atoms with Gasteiger partial charge in [0, 0.05) is 26.2 Å². The van der Waals surface area contributed by atoms with E-state index < -0.39 is 0 Å². The minimum Gasteiger partial charge on any atom is -0.497 e. The standard InChI is InChI=1S/C13H20N2O2/c1-16-12-4-2-11(3-5-12)8-15-10-13-9-14-6-7-17-13/h2-5,13-15H,6-10H2,1H3. The molecule has 2 N–H and O–H groups in total. The molecule has 1 unspecified atom stereocenters. The van der Waals surface area contributed by atoms with Gasteiger partial charge in [-0.25, -0.2) is 0 Å². The molecule has 0 radical (unpaired) electrons. The van der Waals surface area contributed by atoms with E-state index in [4.69, 9.17) is 9.47 Å². The molecular weight excluding hydrogens is 216 g/mol. The zero-order chi connectivity index (χ0) is 11.9. The second-order valence-electron chi connectivity index (χ2n) is 4.18. The van der Waals surface area contributed by atoms with Crippen molar-refractivity contribution in [3.8, 4) is 5.75 Å². The fourth-order valence-electron chi connectivity index (χ4n) is 1.87. The predicted molar refractivity (Wildman–Crippen MR) is 67.3 cm³/mol. The lowest BCUT2D eigenvalue weighted by molar-refractivity contribution is 0.0290. The molecule has 1 fully saturated rings. The van der Waals surface area contributed by atoms with Gasteiger partial charge in [-0.3, -0.25) is 0 Å². The van der Waals surface area contributed by atoms with Crippen LogP contribution >= 0.6 is 0 Å². The van der Waals surface area contributed by atoms with Crippen molar-refractivity contribution in [1.82, 2.24) is 10.6 Å². The van der Waals surface area contributed by atoms with Crippen LogP contribution in [0.4, 0.5) is 0 Å². The van der Waals surface area contributed by atoms with Gasteiger partial charge in [0.1, 0.15) is 5.75 Å². The summed E-state index contributed by atoms with van der Waals surface area (Å²) in [7, 11) is 1.68. The largest absolute Gasteiger partial charge is 0.497 e. The second kappa shape index (κ2) is 6.59. The van der Waals surface area contributed by atoms with Crippen molar-refractivity contribution in [2.45, 2.75) is 12.6 Å². The van der Waals surface area contributed by atoms with Crippen LogP contribution in [0.5, 0.6) is 5.75 Å². The molecule has 17 heavy (non-hydrogen) atoms. The van der Waals surface area contributed by atoms with Crippen LogP contribution in [0.3, 0.4) is 0 Å². The summed E-state index contributed by atoms with van der Waals surface area (Å²) in [5.74, 6) is 0.897. The highest BCUT2D eigenvalue weighted by Crippen LogP contribution is 2.10. The molecular formula is C13H20N2O2. The van der Waals surface area contributed by atoms with Crippen LogP contribution in [0.15, 0.2) is 24.3 Å². The third-order valence-corrected chi connectivity index (χ3v) is 2.86. The first-order chi connectivity index (χ1) is 8.38. The summed E-state index contributed by atoms with van der Waals surface area (Å²) in [6.07, 6.45) is 0.294. The number of hydrogen-bond donors (Lipinski definition) is 2. The van der Waals surface area contributed by atoms with Gasteiger partial charge in [-0.2, -0.15) is 0 Å². The van der Waals surface area contributed by atoms with E-state index in [0.29, 0.717) is 6.10 Å². The van der Waals surface area contributed by atoms with Crippen molar-refractivity contribution in [3.05, 3.63) is 29.8 Å². The Labute approximate surface area is 102 Å². The molecule has 0 amide bonds.